The van der Waals surface area contributed by atoms with Crippen molar-refractivity contribution < 1.29 is 19.1 Å². The van der Waals surface area contributed by atoms with Crippen LogP contribution in [-0.4, -0.2) is 30.1 Å². The summed E-state index contributed by atoms with van der Waals surface area (Å²) in [6.45, 7) is 6.76. The van der Waals surface area contributed by atoms with Crippen LogP contribution in [0, 0.1) is 0 Å². The largest absolute Gasteiger partial charge is 0.479 e. The Kier molecular flexibility index (Phi) is 6.03. The number of ether oxygens (including phenoxy) is 2. The molecule has 0 aliphatic carbocycles. The lowest BCUT2D eigenvalue weighted by atomic mass is 10.1. The molecule has 1 aromatic carbocycles. The summed E-state index contributed by atoms with van der Waals surface area (Å²) in [5.74, 6) is -0.452. The van der Waals surface area contributed by atoms with Crippen LogP contribution in [-0.2, 0) is 14.3 Å². The number of hydrogen-bond acceptors (Lipinski definition) is 4. The number of halogens is 1. The first kappa shape index (κ1) is 17.3. The molecule has 5 nitrogen and oxygen atoms in total. The van der Waals surface area contributed by atoms with E-state index < -0.39 is 12.1 Å². The van der Waals surface area contributed by atoms with Crippen molar-refractivity contribution in [3.05, 3.63) is 29.3 Å². The van der Waals surface area contributed by atoms with Gasteiger partial charge in [0.05, 0.1) is 0 Å². The Bertz CT molecular complexity index is 493. The molecule has 0 spiro atoms. The maximum absolute atomic E-state index is 11.7. The van der Waals surface area contributed by atoms with Crippen molar-refractivity contribution >= 4 is 23.5 Å². The van der Waals surface area contributed by atoms with E-state index in [1.165, 1.54) is 0 Å². The maximum Gasteiger partial charge on any atom is 0.347 e. The van der Waals surface area contributed by atoms with E-state index in [4.69, 9.17) is 21.1 Å². The van der Waals surface area contributed by atoms with E-state index in [1.54, 1.807) is 31.2 Å². The van der Waals surface area contributed by atoms with Gasteiger partial charge in [0.25, 0.3) is 5.91 Å². The molecule has 0 bridgehead atoms. The molecule has 1 N–H and O–H groups in total. The molecule has 0 saturated heterocycles. The minimum atomic E-state index is -0.811. The molecule has 0 aromatic heterocycles. The summed E-state index contributed by atoms with van der Waals surface area (Å²) < 4.78 is 10.3. The van der Waals surface area contributed by atoms with E-state index in [9.17, 15) is 9.59 Å². The molecule has 6 heteroatoms. The summed E-state index contributed by atoms with van der Waals surface area (Å²) in [7, 11) is 0. The fraction of sp³-hybridized carbons (Fsp3) is 0.467. The second-order valence-corrected chi connectivity index (χ2v) is 6.06. The van der Waals surface area contributed by atoms with Gasteiger partial charge in [-0.3, -0.25) is 4.79 Å². The lowest BCUT2D eigenvalue weighted by molar-refractivity contribution is -0.155. The molecule has 0 radical (unpaired) electrons. The molecule has 0 aliphatic rings. The van der Waals surface area contributed by atoms with Crippen LogP contribution in [0.15, 0.2) is 24.3 Å². The molecule has 1 aromatic rings. The zero-order valence-corrected chi connectivity index (χ0v) is 13.4. The molecule has 21 heavy (non-hydrogen) atoms. The summed E-state index contributed by atoms with van der Waals surface area (Å²) >= 11 is 5.76. The summed E-state index contributed by atoms with van der Waals surface area (Å²) in [6, 6.07) is 6.62. The first-order valence-electron chi connectivity index (χ1n) is 6.57. The van der Waals surface area contributed by atoms with Crippen molar-refractivity contribution in [2.75, 3.05) is 6.61 Å². The van der Waals surface area contributed by atoms with Gasteiger partial charge in [-0.25, -0.2) is 4.79 Å². The molecule has 0 unspecified atom stereocenters. The van der Waals surface area contributed by atoms with Gasteiger partial charge in [-0.2, -0.15) is 0 Å². The first-order chi connectivity index (χ1) is 9.67. The molecule has 1 atom stereocenters. The molecule has 0 fully saturated rings. The predicted octanol–water partition coefficient (Wildman–Crippen LogP) is 2.57. The quantitative estimate of drug-likeness (QED) is 0.849. The van der Waals surface area contributed by atoms with Gasteiger partial charge in [-0.1, -0.05) is 11.6 Å². The number of amides is 1. The summed E-state index contributed by atoms with van der Waals surface area (Å²) in [4.78, 5) is 23.3. The van der Waals surface area contributed by atoms with Crippen molar-refractivity contribution in [1.82, 2.24) is 5.32 Å². The van der Waals surface area contributed by atoms with E-state index in [-0.39, 0.29) is 18.1 Å². The summed E-state index contributed by atoms with van der Waals surface area (Å²) in [5, 5.41) is 3.28. The Morgan fingerprint density at radius 2 is 1.81 bits per heavy atom. The summed E-state index contributed by atoms with van der Waals surface area (Å²) in [6.07, 6.45) is -0.811. The highest BCUT2D eigenvalue weighted by Crippen LogP contribution is 2.17. The van der Waals surface area contributed by atoms with Gasteiger partial charge in [0.2, 0.25) is 0 Å². The van der Waals surface area contributed by atoms with Crippen LogP contribution in [0.2, 0.25) is 5.02 Å². The molecular weight excluding hydrogens is 294 g/mol. The molecule has 1 amide bonds. The topological polar surface area (TPSA) is 64.6 Å². The van der Waals surface area contributed by atoms with Gasteiger partial charge in [0.15, 0.2) is 12.7 Å². The molecule has 0 aliphatic heterocycles. The number of rotatable bonds is 5. The van der Waals surface area contributed by atoms with Crippen LogP contribution in [0.1, 0.15) is 27.7 Å². The van der Waals surface area contributed by atoms with Gasteiger partial charge < -0.3 is 14.8 Å². The number of carbonyl (C=O) groups is 2. The van der Waals surface area contributed by atoms with Gasteiger partial charge >= 0.3 is 5.97 Å². The monoisotopic (exact) mass is 313 g/mol. The Morgan fingerprint density at radius 3 is 2.33 bits per heavy atom. The van der Waals surface area contributed by atoms with E-state index in [0.29, 0.717) is 10.8 Å². The average Bonchev–Trinajstić information content (AvgIpc) is 2.36. The van der Waals surface area contributed by atoms with Crippen LogP contribution >= 0.6 is 11.6 Å². The Labute approximate surface area is 129 Å². The number of hydrogen-bond donors (Lipinski definition) is 1. The molecule has 0 heterocycles. The fourth-order valence-corrected chi connectivity index (χ4v) is 1.60. The van der Waals surface area contributed by atoms with Crippen molar-refractivity contribution in [3.63, 3.8) is 0 Å². The highest BCUT2D eigenvalue weighted by atomic mass is 35.5. The van der Waals surface area contributed by atoms with E-state index in [2.05, 4.69) is 5.32 Å². The number of benzene rings is 1. The Hall–Kier alpha value is -1.75. The van der Waals surface area contributed by atoms with E-state index in [1.807, 2.05) is 20.8 Å². The average molecular weight is 314 g/mol. The molecular formula is C15H20ClNO4. The Balaban J connectivity index is 2.41. The minimum absolute atomic E-state index is 0.329. The van der Waals surface area contributed by atoms with Crippen molar-refractivity contribution in [2.24, 2.45) is 0 Å². The SMILES string of the molecule is C[C@@H](Oc1ccc(Cl)cc1)C(=O)OCC(=O)NC(C)(C)C. The van der Waals surface area contributed by atoms with Crippen LogP contribution in [0.4, 0.5) is 0 Å². The van der Waals surface area contributed by atoms with Crippen molar-refractivity contribution in [1.29, 1.82) is 0 Å². The lowest BCUT2D eigenvalue weighted by Gasteiger charge is -2.20. The highest BCUT2D eigenvalue weighted by molar-refractivity contribution is 6.30. The van der Waals surface area contributed by atoms with Crippen LogP contribution < -0.4 is 10.1 Å². The van der Waals surface area contributed by atoms with Crippen LogP contribution in [0.3, 0.4) is 0 Å². The number of nitrogens with one attached hydrogen (secondary N) is 1. The van der Waals surface area contributed by atoms with Crippen LogP contribution in [0.5, 0.6) is 5.75 Å². The van der Waals surface area contributed by atoms with Crippen molar-refractivity contribution in [2.45, 2.75) is 39.3 Å². The van der Waals surface area contributed by atoms with Gasteiger partial charge in [0, 0.05) is 10.6 Å². The van der Waals surface area contributed by atoms with Gasteiger partial charge in [-0.15, -0.1) is 0 Å². The Morgan fingerprint density at radius 1 is 1.24 bits per heavy atom. The third-order valence-corrected chi connectivity index (χ3v) is 2.57. The zero-order valence-electron chi connectivity index (χ0n) is 12.6. The standard InChI is InChI=1S/C15H20ClNO4/c1-10(21-12-7-5-11(16)6-8-12)14(19)20-9-13(18)17-15(2,3)4/h5-8,10H,9H2,1-4H3,(H,17,18)/t10-/m1/s1. The smallest absolute Gasteiger partial charge is 0.347 e. The van der Waals surface area contributed by atoms with Crippen molar-refractivity contribution in [3.8, 4) is 5.75 Å². The minimum Gasteiger partial charge on any atom is -0.479 e. The highest BCUT2D eigenvalue weighted by Gasteiger charge is 2.19. The lowest BCUT2D eigenvalue weighted by Crippen LogP contribution is -2.43. The number of esters is 1. The summed E-state index contributed by atoms with van der Waals surface area (Å²) in [5.41, 5.74) is -0.366. The third kappa shape index (κ3) is 6.99. The van der Waals surface area contributed by atoms with E-state index in [0.717, 1.165) is 0 Å². The predicted molar refractivity (Wildman–Crippen MR) is 80.4 cm³/mol. The number of carbonyl (C=O) groups excluding carboxylic acids is 2. The molecule has 1 rings (SSSR count). The van der Waals surface area contributed by atoms with Gasteiger partial charge in [-0.05, 0) is 52.0 Å². The third-order valence-electron chi connectivity index (χ3n) is 2.32. The zero-order chi connectivity index (χ0) is 16.0. The molecule has 0 saturated carbocycles. The normalized spacial score (nSPS) is 12.4. The van der Waals surface area contributed by atoms with Gasteiger partial charge in [0.1, 0.15) is 5.75 Å². The molecule has 116 valence electrons. The first-order valence-corrected chi connectivity index (χ1v) is 6.95. The fourth-order valence-electron chi connectivity index (χ4n) is 1.47. The van der Waals surface area contributed by atoms with E-state index >= 15 is 0 Å². The maximum atomic E-state index is 11.7. The van der Waals surface area contributed by atoms with Crippen LogP contribution in [0.25, 0.3) is 0 Å². The second kappa shape index (κ2) is 7.31. The second-order valence-electron chi connectivity index (χ2n) is 5.62.